The molecule has 1 aliphatic carbocycles. The number of rotatable bonds is 3. The van der Waals surface area contributed by atoms with Crippen LogP contribution >= 0.6 is 15.9 Å². The van der Waals surface area contributed by atoms with Crippen molar-refractivity contribution >= 4 is 15.9 Å². The largest absolute Gasteiger partial charge is 0.388 e. The highest BCUT2D eigenvalue weighted by atomic mass is 79.9. The van der Waals surface area contributed by atoms with E-state index < -0.39 is 0 Å². The van der Waals surface area contributed by atoms with E-state index in [1.807, 2.05) is 0 Å². The highest BCUT2D eigenvalue weighted by Crippen LogP contribution is 2.29. The molecular weight excluding hydrogens is 240 g/mol. The van der Waals surface area contributed by atoms with Crippen molar-refractivity contribution in [2.24, 2.45) is 0 Å². The van der Waals surface area contributed by atoms with Crippen molar-refractivity contribution in [2.45, 2.75) is 51.0 Å². The van der Waals surface area contributed by atoms with Crippen LogP contribution < -0.4 is 0 Å². The smallest absolute Gasteiger partial charge is 0.0795 e. The molecule has 0 spiro atoms. The fraction of sp³-hybridized carbons (Fsp3) is 0.667. The molecule has 2 heteroatoms. The zero-order chi connectivity index (χ0) is 10.4. The van der Waals surface area contributed by atoms with Crippen molar-refractivity contribution < 1.29 is 5.11 Å². The first kappa shape index (κ1) is 12.0. The van der Waals surface area contributed by atoms with Crippen LogP contribution in [0.2, 0.25) is 0 Å². The lowest BCUT2D eigenvalue weighted by molar-refractivity contribution is 0.208. The van der Waals surface area contributed by atoms with Crippen LogP contribution in [0.1, 0.15) is 44.9 Å². The number of hydrogen-bond donors (Lipinski definition) is 1. The van der Waals surface area contributed by atoms with Crippen LogP contribution in [0, 0.1) is 0 Å². The van der Waals surface area contributed by atoms with Gasteiger partial charge in [0.05, 0.1) is 6.10 Å². The van der Waals surface area contributed by atoms with Crippen molar-refractivity contribution in [1.82, 2.24) is 0 Å². The van der Waals surface area contributed by atoms with Crippen LogP contribution in [0.4, 0.5) is 0 Å². The minimum absolute atomic E-state index is 0.319. The lowest BCUT2D eigenvalue weighted by Crippen LogP contribution is -2.11. The Balaban J connectivity index is 2.67. The predicted molar refractivity (Wildman–Crippen MR) is 64.5 cm³/mol. The van der Waals surface area contributed by atoms with Crippen LogP contribution in [0.15, 0.2) is 22.7 Å². The van der Waals surface area contributed by atoms with E-state index in [0.29, 0.717) is 6.42 Å². The Hall–Kier alpha value is -0.0800. The molecule has 1 nitrogen and oxygen atoms in total. The zero-order valence-electron chi connectivity index (χ0n) is 8.64. The van der Waals surface area contributed by atoms with Gasteiger partial charge in [0.2, 0.25) is 0 Å². The van der Waals surface area contributed by atoms with Gasteiger partial charge in [-0.15, -0.1) is 6.58 Å². The number of halogens is 1. The summed E-state index contributed by atoms with van der Waals surface area (Å²) in [7, 11) is 0. The molecule has 0 aromatic carbocycles. The van der Waals surface area contributed by atoms with Crippen LogP contribution in [-0.2, 0) is 0 Å². The second-order valence-corrected chi connectivity index (χ2v) is 4.84. The molecule has 0 radical (unpaired) electrons. The molecule has 0 heterocycles. The summed E-state index contributed by atoms with van der Waals surface area (Å²) < 4.78 is 1.23. The van der Waals surface area contributed by atoms with Gasteiger partial charge >= 0.3 is 0 Å². The fourth-order valence-electron chi connectivity index (χ4n) is 1.89. The minimum atomic E-state index is -0.319. The summed E-state index contributed by atoms with van der Waals surface area (Å²) in [5, 5.41) is 9.90. The second-order valence-electron chi connectivity index (χ2n) is 3.88. The van der Waals surface area contributed by atoms with Gasteiger partial charge in [0.15, 0.2) is 0 Å². The van der Waals surface area contributed by atoms with Crippen molar-refractivity contribution in [3.63, 3.8) is 0 Å². The van der Waals surface area contributed by atoms with Crippen molar-refractivity contribution in [2.75, 3.05) is 0 Å². The first-order valence-electron chi connectivity index (χ1n) is 5.42. The van der Waals surface area contributed by atoms with Crippen molar-refractivity contribution in [3.05, 3.63) is 22.7 Å². The molecule has 0 aromatic heterocycles. The van der Waals surface area contributed by atoms with Gasteiger partial charge in [0, 0.05) is 0 Å². The van der Waals surface area contributed by atoms with E-state index >= 15 is 0 Å². The third-order valence-corrected chi connectivity index (χ3v) is 3.64. The van der Waals surface area contributed by atoms with E-state index in [1.54, 1.807) is 6.08 Å². The van der Waals surface area contributed by atoms with Gasteiger partial charge in [-0.3, -0.25) is 0 Å². The Kier molecular flexibility index (Phi) is 5.49. The Morgan fingerprint density at radius 2 is 1.93 bits per heavy atom. The first-order valence-corrected chi connectivity index (χ1v) is 6.21. The molecule has 0 saturated carbocycles. The van der Waals surface area contributed by atoms with Crippen LogP contribution in [-0.4, -0.2) is 11.2 Å². The summed E-state index contributed by atoms with van der Waals surface area (Å²) >= 11 is 3.60. The summed E-state index contributed by atoms with van der Waals surface area (Å²) in [5.74, 6) is 0. The quantitative estimate of drug-likeness (QED) is 0.761. The van der Waals surface area contributed by atoms with Crippen molar-refractivity contribution in [1.29, 1.82) is 0 Å². The third-order valence-electron chi connectivity index (χ3n) is 2.73. The van der Waals surface area contributed by atoms with E-state index in [1.165, 1.54) is 35.7 Å². The fourth-order valence-corrected chi connectivity index (χ4v) is 2.64. The molecule has 1 atom stereocenters. The molecule has 1 N–H and O–H groups in total. The van der Waals surface area contributed by atoms with Crippen LogP contribution in [0.25, 0.3) is 0 Å². The molecule has 1 unspecified atom stereocenters. The van der Waals surface area contributed by atoms with Gasteiger partial charge in [0.1, 0.15) is 0 Å². The van der Waals surface area contributed by atoms with Gasteiger partial charge in [-0.2, -0.15) is 0 Å². The van der Waals surface area contributed by atoms with Gasteiger partial charge < -0.3 is 5.11 Å². The number of aliphatic hydroxyl groups is 1. The van der Waals surface area contributed by atoms with E-state index in [0.717, 1.165) is 12.8 Å². The highest BCUT2D eigenvalue weighted by Gasteiger charge is 2.14. The minimum Gasteiger partial charge on any atom is -0.388 e. The zero-order valence-corrected chi connectivity index (χ0v) is 10.2. The topological polar surface area (TPSA) is 20.2 Å². The maximum Gasteiger partial charge on any atom is 0.0795 e. The van der Waals surface area contributed by atoms with E-state index in [-0.39, 0.29) is 6.10 Å². The first-order chi connectivity index (χ1) is 6.75. The average Bonchev–Trinajstić information content (AvgIpc) is 2.12. The maximum atomic E-state index is 9.90. The van der Waals surface area contributed by atoms with E-state index in [9.17, 15) is 5.11 Å². The summed E-state index contributed by atoms with van der Waals surface area (Å²) in [5.41, 5.74) is 1.20. The molecule has 0 bridgehead atoms. The molecule has 0 aliphatic heterocycles. The Morgan fingerprint density at radius 1 is 1.29 bits per heavy atom. The molecular formula is C12H19BrO. The third kappa shape index (κ3) is 3.58. The molecule has 0 fully saturated rings. The molecule has 80 valence electrons. The molecule has 0 aromatic rings. The van der Waals surface area contributed by atoms with Crippen molar-refractivity contribution in [3.8, 4) is 0 Å². The molecule has 1 rings (SSSR count). The number of allylic oxidation sites excluding steroid dienone is 1. The Labute approximate surface area is 95.0 Å². The van der Waals surface area contributed by atoms with E-state index in [4.69, 9.17) is 0 Å². The summed E-state index contributed by atoms with van der Waals surface area (Å²) in [4.78, 5) is 0. The van der Waals surface area contributed by atoms with Crippen LogP contribution in [0.5, 0.6) is 0 Å². The molecule has 14 heavy (non-hydrogen) atoms. The second kappa shape index (κ2) is 6.41. The maximum absolute atomic E-state index is 9.90. The Morgan fingerprint density at radius 3 is 2.57 bits per heavy atom. The molecule has 0 saturated heterocycles. The number of hydrogen-bond acceptors (Lipinski definition) is 1. The van der Waals surface area contributed by atoms with Gasteiger partial charge in [-0.05, 0) is 42.2 Å². The monoisotopic (exact) mass is 258 g/mol. The van der Waals surface area contributed by atoms with Gasteiger partial charge in [-0.1, -0.05) is 34.8 Å². The average molecular weight is 259 g/mol. The summed E-state index contributed by atoms with van der Waals surface area (Å²) in [6.45, 7) is 3.66. The lowest BCUT2D eigenvalue weighted by Gasteiger charge is -2.18. The predicted octanol–water partition coefficient (Wildman–Crippen LogP) is 3.93. The van der Waals surface area contributed by atoms with Gasteiger partial charge in [0.25, 0.3) is 0 Å². The summed E-state index contributed by atoms with van der Waals surface area (Å²) in [6, 6.07) is 0. The SMILES string of the molecule is C=CCC(O)/C1=C(\Br)CCCCCC1. The normalized spacial score (nSPS) is 26.4. The standard InChI is InChI=1S/C12H19BrO/c1-2-7-12(14)10-8-5-3-4-6-9-11(10)13/h2,12,14H,1,3-9H2/b11-10-. The Bertz CT molecular complexity index is 220. The van der Waals surface area contributed by atoms with E-state index in [2.05, 4.69) is 22.5 Å². The molecule has 0 amide bonds. The van der Waals surface area contributed by atoms with Gasteiger partial charge in [-0.25, -0.2) is 0 Å². The molecule has 1 aliphatic rings. The summed E-state index contributed by atoms with van der Waals surface area (Å²) in [6.07, 6.45) is 9.33. The highest BCUT2D eigenvalue weighted by molar-refractivity contribution is 9.11. The van der Waals surface area contributed by atoms with Crippen LogP contribution in [0.3, 0.4) is 0 Å². The lowest BCUT2D eigenvalue weighted by atomic mass is 9.95. The number of aliphatic hydroxyl groups excluding tert-OH is 1.